The molecule has 0 saturated heterocycles. The van der Waals surface area contributed by atoms with Crippen molar-refractivity contribution in [1.29, 1.82) is 0 Å². The number of methoxy groups -OCH3 is 1. The Morgan fingerprint density at radius 1 is 1.12 bits per heavy atom. The Hall–Kier alpha value is -3.15. The third-order valence-corrected chi connectivity index (χ3v) is 3.68. The van der Waals surface area contributed by atoms with E-state index in [1.165, 1.54) is 7.11 Å². The van der Waals surface area contributed by atoms with Gasteiger partial charge in [0.1, 0.15) is 5.75 Å². The second-order valence-corrected chi connectivity index (χ2v) is 5.59. The predicted octanol–water partition coefficient (Wildman–Crippen LogP) is 3.97. The summed E-state index contributed by atoms with van der Waals surface area (Å²) in [5.74, 6) is 0.731. The standard InChI is InChI=1S/C19H18N2O4/c1-12-7-9-14(10-8-12)18-21-20-17(25-18)13(2)24-19(22)15-5-4-6-16(11-15)23-3/h4-11,13H,1-3H3/t13-/m1/s1. The minimum atomic E-state index is -0.662. The molecule has 0 aliphatic carbocycles. The molecular formula is C19H18N2O4. The number of aromatic nitrogens is 2. The lowest BCUT2D eigenvalue weighted by Crippen LogP contribution is -2.09. The van der Waals surface area contributed by atoms with Crippen LogP contribution in [0.4, 0.5) is 0 Å². The second kappa shape index (κ2) is 7.17. The van der Waals surface area contributed by atoms with Crippen LogP contribution >= 0.6 is 0 Å². The third-order valence-electron chi connectivity index (χ3n) is 3.68. The number of benzene rings is 2. The molecular weight excluding hydrogens is 320 g/mol. The highest BCUT2D eigenvalue weighted by Crippen LogP contribution is 2.24. The zero-order valence-electron chi connectivity index (χ0n) is 14.2. The molecule has 0 amide bonds. The van der Waals surface area contributed by atoms with Gasteiger partial charge in [-0.15, -0.1) is 10.2 Å². The highest BCUT2D eigenvalue weighted by Gasteiger charge is 2.20. The van der Waals surface area contributed by atoms with Crippen LogP contribution in [0.2, 0.25) is 0 Å². The maximum absolute atomic E-state index is 12.2. The first kappa shape index (κ1) is 16.7. The van der Waals surface area contributed by atoms with Gasteiger partial charge in [-0.2, -0.15) is 0 Å². The topological polar surface area (TPSA) is 74.5 Å². The first-order valence-electron chi connectivity index (χ1n) is 7.82. The number of nitrogens with zero attached hydrogens (tertiary/aromatic N) is 2. The van der Waals surface area contributed by atoms with Gasteiger partial charge < -0.3 is 13.9 Å². The molecule has 0 unspecified atom stereocenters. The average molecular weight is 338 g/mol. The molecule has 1 heterocycles. The molecule has 25 heavy (non-hydrogen) atoms. The summed E-state index contributed by atoms with van der Waals surface area (Å²) in [6.45, 7) is 3.69. The Labute approximate surface area is 145 Å². The highest BCUT2D eigenvalue weighted by atomic mass is 16.6. The molecule has 0 aliphatic heterocycles. The number of rotatable bonds is 5. The van der Waals surface area contributed by atoms with Gasteiger partial charge in [0.25, 0.3) is 5.89 Å². The van der Waals surface area contributed by atoms with Gasteiger partial charge in [0.15, 0.2) is 6.10 Å². The largest absolute Gasteiger partial charge is 0.497 e. The van der Waals surface area contributed by atoms with Crippen molar-refractivity contribution in [3.63, 3.8) is 0 Å². The number of hydrogen-bond donors (Lipinski definition) is 0. The van der Waals surface area contributed by atoms with Crippen LogP contribution in [-0.4, -0.2) is 23.3 Å². The van der Waals surface area contributed by atoms with Crippen molar-refractivity contribution >= 4 is 5.97 Å². The van der Waals surface area contributed by atoms with Gasteiger partial charge in [-0.05, 0) is 44.2 Å². The maximum Gasteiger partial charge on any atom is 0.339 e. The van der Waals surface area contributed by atoms with Crippen LogP contribution in [0.5, 0.6) is 5.75 Å². The summed E-state index contributed by atoms with van der Waals surface area (Å²) in [7, 11) is 1.54. The molecule has 128 valence electrons. The normalized spacial score (nSPS) is 11.8. The van der Waals surface area contributed by atoms with Crippen molar-refractivity contribution < 1.29 is 18.7 Å². The summed E-state index contributed by atoms with van der Waals surface area (Å²) in [6, 6.07) is 14.5. The number of aryl methyl sites for hydroxylation is 1. The fourth-order valence-electron chi connectivity index (χ4n) is 2.24. The Balaban J connectivity index is 1.72. The number of esters is 1. The fraction of sp³-hybridized carbons (Fsp3) is 0.211. The van der Waals surface area contributed by atoms with Crippen LogP contribution in [0.3, 0.4) is 0 Å². The zero-order chi connectivity index (χ0) is 17.8. The summed E-state index contributed by atoms with van der Waals surface area (Å²) in [5, 5.41) is 7.99. The SMILES string of the molecule is COc1cccc(C(=O)O[C@H](C)c2nnc(-c3ccc(C)cc3)o2)c1. The molecule has 1 aromatic heterocycles. The van der Waals surface area contributed by atoms with Crippen LogP contribution in [-0.2, 0) is 4.74 Å². The lowest BCUT2D eigenvalue weighted by atomic mass is 10.1. The molecule has 0 radical (unpaired) electrons. The molecule has 1 atom stereocenters. The lowest BCUT2D eigenvalue weighted by Gasteiger charge is -2.10. The Kier molecular flexibility index (Phi) is 4.79. The van der Waals surface area contributed by atoms with E-state index in [1.54, 1.807) is 31.2 Å². The Morgan fingerprint density at radius 3 is 2.60 bits per heavy atom. The maximum atomic E-state index is 12.2. The molecule has 0 aliphatic rings. The molecule has 3 rings (SSSR count). The summed E-state index contributed by atoms with van der Waals surface area (Å²) in [5.41, 5.74) is 2.35. The van der Waals surface area contributed by atoms with E-state index >= 15 is 0 Å². The number of ether oxygens (including phenoxy) is 2. The van der Waals surface area contributed by atoms with Gasteiger partial charge in [-0.25, -0.2) is 4.79 Å². The quantitative estimate of drug-likeness (QED) is 0.655. The molecule has 0 N–H and O–H groups in total. The first-order chi connectivity index (χ1) is 12.1. The molecule has 3 aromatic rings. The van der Waals surface area contributed by atoms with Crippen LogP contribution in [0, 0.1) is 6.92 Å². The predicted molar refractivity (Wildman–Crippen MR) is 91.3 cm³/mol. The van der Waals surface area contributed by atoms with E-state index in [9.17, 15) is 4.79 Å². The van der Waals surface area contributed by atoms with Gasteiger partial charge in [0.2, 0.25) is 5.89 Å². The smallest absolute Gasteiger partial charge is 0.339 e. The van der Waals surface area contributed by atoms with Crippen molar-refractivity contribution in [2.24, 2.45) is 0 Å². The van der Waals surface area contributed by atoms with Gasteiger partial charge in [-0.1, -0.05) is 23.8 Å². The van der Waals surface area contributed by atoms with E-state index in [1.807, 2.05) is 31.2 Å². The average Bonchev–Trinajstić information content (AvgIpc) is 3.12. The van der Waals surface area contributed by atoms with E-state index in [4.69, 9.17) is 13.9 Å². The molecule has 0 bridgehead atoms. The van der Waals surface area contributed by atoms with Crippen molar-refractivity contribution in [1.82, 2.24) is 10.2 Å². The Bertz CT molecular complexity index is 871. The van der Waals surface area contributed by atoms with E-state index < -0.39 is 12.1 Å². The van der Waals surface area contributed by atoms with Crippen molar-refractivity contribution in [3.05, 3.63) is 65.5 Å². The number of carbonyl (C=O) groups is 1. The van der Waals surface area contributed by atoms with Gasteiger partial charge in [-0.3, -0.25) is 0 Å². The van der Waals surface area contributed by atoms with Gasteiger partial charge in [0.05, 0.1) is 12.7 Å². The molecule has 0 fully saturated rings. The second-order valence-electron chi connectivity index (χ2n) is 5.59. The highest BCUT2D eigenvalue weighted by molar-refractivity contribution is 5.89. The van der Waals surface area contributed by atoms with E-state index in [-0.39, 0.29) is 5.89 Å². The number of carbonyl (C=O) groups excluding carboxylic acids is 1. The van der Waals surface area contributed by atoms with Crippen molar-refractivity contribution in [2.75, 3.05) is 7.11 Å². The zero-order valence-corrected chi connectivity index (χ0v) is 14.2. The van der Waals surface area contributed by atoms with Gasteiger partial charge >= 0.3 is 5.97 Å². The minimum absolute atomic E-state index is 0.242. The third kappa shape index (κ3) is 3.85. The summed E-state index contributed by atoms with van der Waals surface area (Å²) in [6.07, 6.45) is -0.662. The van der Waals surface area contributed by atoms with E-state index in [2.05, 4.69) is 10.2 Å². The van der Waals surface area contributed by atoms with Crippen LogP contribution < -0.4 is 4.74 Å². The molecule has 6 heteroatoms. The summed E-state index contributed by atoms with van der Waals surface area (Å²) in [4.78, 5) is 12.2. The lowest BCUT2D eigenvalue weighted by molar-refractivity contribution is 0.0279. The number of hydrogen-bond acceptors (Lipinski definition) is 6. The summed E-state index contributed by atoms with van der Waals surface area (Å²) >= 11 is 0. The van der Waals surface area contributed by atoms with E-state index in [0.29, 0.717) is 17.2 Å². The van der Waals surface area contributed by atoms with Crippen LogP contribution in [0.1, 0.15) is 34.8 Å². The Morgan fingerprint density at radius 2 is 1.88 bits per heavy atom. The van der Waals surface area contributed by atoms with Crippen LogP contribution in [0.25, 0.3) is 11.5 Å². The fourth-order valence-corrected chi connectivity index (χ4v) is 2.24. The van der Waals surface area contributed by atoms with Gasteiger partial charge in [0, 0.05) is 5.56 Å². The van der Waals surface area contributed by atoms with E-state index in [0.717, 1.165) is 11.1 Å². The molecule has 0 saturated carbocycles. The van der Waals surface area contributed by atoms with Crippen molar-refractivity contribution in [2.45, 2.75) is 20.0 Å². The minimum Gasteiger partial charge on any atom is -0.497 e. The molecule has 0 spiro atoms. The van der Waals surface area contributed by atoms with Crippen LogP contribution in [0.15, 0.2) is 52.9 Å². The van der Waals surface area contributed by atoms with Crippen molar-refractivity contribution in [3.8, 4) is 17.2 Å². The monoisotopic (exact) mass is 338 g/mol. The molecule has 2 aromatic carbocycles. The summed E-state index contributed by atoms with van der Waals surface area (Å²) < 4.78 is 16.1. The first-order valence-corrected chi connectivity index (χ1v) is 7.82. The molecule has 6 nitrogen and oxygen atoms in total.